The molecule has 0 aliphatic carbocycles. The molecule has 0 amide bonds. The second-order valence-corrected chi connectivity index (χ2v) is 12.8. The minimum absolute atomic E-state index is 0.618. The SMILES string of the molecule is C[C@@](CF)(COP(O)(=S)OP(=O)(O)OP(=O)(O)O)O[C@@H](n1ccc(=O)[nH]c1=O)[C@](C)(O)CO. The van der Waals surface area contributed by atoms with Gasteiger partial charge in [-0.05, 0) is 25.7 Å². The van der Waals surface area contributed by atoms with Crippen LogP contribution < -0.4 is 11.2 Å². The maximum Gasteiger partial charge on any atom is 0.488 e. The van der Waals surface area contributed by atoms with Gasteiger partial charge in [0.05, 0.1) is 13.2 Å². The van der Waals surface area contributed by atoms with E-state index >= 15 is 0 Å². The van der Waals surface area contributed by atoms with Gasteiger partial charge in [0.15, 0.2) is 6.23 Å². The van der Waals surface area contributed by atoms with Crippen molar-refractivity contribution in [2.75, 3.05) is 19.9 Å². The molecular weight excluding hydrogens is 540 g/mol. The van der Waals surface area contributed by atoms with Crippen molar-refractivity contribution in [3.05, 3.63) is 33.1 Å². The van der Waals surface area contributed by atoms with Gasteiger partial charge in [-0.15, -0.1) is 0 Å². The normalized spacial score (nSPS) is 20.8. The van der Waals surface area contributed by atoms with Gasteiger partial charge in [0, 0.05) is 12.3 Å². The lowest BCUT2D eigenvalue weighted by atomic mass is 10.0. The summed E-state index contributed by atoms with van der Waals surface area (Å²) in [6.07, 6.45) is -0.966. The molecular formula is C12H22FN2O14P3S. The number of hydrogen-bond donors (Lipinski definition) is 7. The summed E-state index contributed by atoms with van der Waals surface area (Å²) in [5, 5.41) is 19.9. The van der Waals surface area contributed by atoms with Crippen molar-refractivity contribution >= 4 is 34.2 Å². The molecule has 1 aromatic heterocycles. The van der Waals surface area contributed by atoms with Crippen molar-refractivity contribution < 1.29 is 61.2 Å². The van der Waals surface area contributed by atoms with Gasteiger partial charge in [0.2, 0.25) is 0 Å². The van der Waals surface area contributed by atoms with Gasteiger partial charge in [-0.1, -0.05) is 0 Å². The van der Waals surface area contributed by atoms with Gasteiger partial charge >= 0.3 is 28.1 Å². The highest BCUT2D eigenvalue weighted by Gasteiger charge is 2.43. The first kappa shape index (κ1) is 30.4. The fourth-order valence-corrected chi connectivity index (χ4v) is 6.12. The van der Waals surface area contributed by atoms with Gasteiger partial charge < -0.3 is 39.0 Å². The first-order valence-electron chi connectivity index (χ1n) is 8.42. The summed E-state index contributed by atoms with van der Waals surface area (Å²) < 4.78 is 54.3. The van der Waals surface area contributed by atoms with Crippen molar-refractivity contribution in [1.82, 2.24) is 9.55 Å². The Morgan fingerprint density at radius 3 is 2.24 bits per heavy atom. The number of aromatic amines is 1. The zero-order valence-corrected chi connectivity index (χ0v) is 20.4. The van der Waals surface area contributed by atoms with Crippen LogP contribution in [0.15, 0.2) is 21.9 Å². The number of nitrogens with zero attached hydrogens (tertiary/aromatic N) is 1. The molecule has 16 nitrogen and oxygen atoms in total. The van der Waals surface area contributed by atoms with Gasteiger partial charge in [-0.25, -0.2) is 22.6 Å². The zero-order valence-electron chi connectivity index (χ0n) is 16.9. The van der Waals surface area contributed by atoms with E-state index in [1.165, 1.54) is 0 Å². The molecule has 0 aliphatic rings. The smallest absolute Gasteiger partial charge is 0.393 e. The lowest BCUT2D eigenvalue weighted by Gasteiger charge is -2.38. The van der Waals surface area contributed by atoms with E-state index in [0.29, 0.717) is 4.57 Å². The highest BCUT2D eigenvalue weighted by molar-refractivity contribution is 8.08. The molecule has 7 N–H and O–H groups in total. The number of aliphatic hydroxyl groups is 2. The largest absolute Gasteiger partial charge is 0.488 e. The lowest BCUT2D eigenvalue weighted by molar-refractivity contribution is -0.221. The number of phosphoric acid groups is 2. The molecule has 1 aromatic rings. The van der Waals surface area contributed by atoms with E-state index in [-0.39, 0.29) is 0 Å². The molecule has 0 fully saturated rings. The molecule has 0 radical (unpaired) electrons. The molecule has 0 aromatic carbocycles. The van der Waals surface area contributed by atoms with Crippen LogP contribution in [0.5, 0.6) is 0 Å². The maximum absolute atomic E-state index is 13.8. The Hall–Kier alpha value is -0.680. The van der Waals surface area contributed by atoms with Gasteiger partial charge in [-0.3, -0.25) is 14.3 Å². The highest BCUT2D eigenvalue weighted by Crippen LogP contribution is 2.66. The van der Waals surface area contributed by atoms with E-state index < -0.39 is 70.9 Å². The molecule has 1 heterocycles. The number of aromatic nitrogens is 2. The monoisotopic (exact) mass is 562 g/mol. The average Bonchev–Trinajstić information content (AvgIpc) is 2.62. The quantitative estimate of drug-likeness (QED) is 0.142. The molecule has 192 valence electrons. The highest BCUT2D eigenvalue weighted by atomic mass is 32.5. The summed E-state index contributed by atoms with van der Waals surface area (Å²) in [5.41, 5.74) is -6.33. The number of ether oxygens (including phenoxy) is 1. The van der Waals surface area contributed by atoms with Crippen LogP contribution in [0.1, 0.15) is 20.1 Å². The number of H-pyrrole nitrogens is 1. The first-order valence-corrected chi connectivity index (χ1v) is 14.0. The van der Waals surface area contributed by atoms with E-state index in [0.717, 1.165) is 26.1 Å². The number of alkyl halides is 1. The van der Waals surface area contributed by atoms with Crippen LogP contribution in [0, 0.1) is 0 Å². The average molecular weight is 562 g/mol. The molecule has 0 aliphatic heterocycles. The Bertz CT molecular complexity index is 1090. The van der Waals surface area contributed by atoms with E-state index in [9.17, 15) is 43.1 Å². The third kappa shape index (κ3) is 9.84. The van der Waals surface area contributed by atoms with Crippen LogP contribution in [0.25, 0.3) is 0 Å². The molecule has 33 heavy (non-hydrogen) atoms. The number of halogens is 1. The Labute approximate surface area is 189 Å². The summed E-state index contributed by atoms with van der Waals surface area (Å²) >= 11 is 4.43. The summed E-state index contributed by atoms with van der Waals surface area (Å²) in [5.74, 6) is 0. The Balaban J connectivity index is 3.15. The first-order chi connectivity index (χ1) is 14.7. The maximum atomic E-state index is 13.8. The third-order valence-corrected chi connectivity index (χ3v) is 8.28. The summed E-state index contributed by atoms with van der Waals surface area (Å²) in [4.78, 5) is 61.5. The zero-order chi connectivity index (χ0) is 25.9. The van der Waals surface area contributed by atoms with E-state index in [2.05, 4.69) is 20.4 Å². The van der Waals surface area contributed by atoms with Gasteiger partial charge in [-0.2, -0.15) is 4.31 Å². The molecule has 2 unspecified atom stereocenters. The second kappa shape index (κ2) is 10.9. The summed E-state index contributed by atoms with van der Waals surface area (Å²) in [7, 11) is -11.2. The fourth-order valence-electron chi connectivity index (χ4n) is 2.07. The van der Waals surface area contributed by atoms with Crippen molar-refractivity contribution in [1.29, 1.82) is 0 Å². The molecule has 5 atom stereocenters. The van der Waals surface area contributed by atoms with Crippen molar-refractivity contribution in [3.8, 4) is 0 Å². The number of nitrogens with one attached hydrogen (secondary N) is 1. The van der Waals surface area contributed by atoms with Crippen molar-refractivity contribution in [2.24, 2.45) is 0 Å². The molecule has 0 spiro atoms. The Morgan fingerprint density at radius 2 is 1.79 bits per heavy atom. The van der Waals surface area contributed by atoms with Crippen LogP contribution >= 0.6 is 22.4 Å². The molecule has 21 heteroatoms. The summed E-state index contributed by atoms with van der Waals surface area (Å²) in [6.45, 7) is -6.34. The lowest BCUT2D eigenvalue weighted by Crippen LogP contribution is -2.51. The molecule has 1 rings (SSSR count). The van der Waals surface area contributed by atoms with Crippen LogP contribution in [0.2, 0.25) is 0 Å². The predicted molar refractivity (Wildman–Crippen MR) is 110 cm³/mol. The standard InChI is InChI=1S/C12H22FN2O14P3S/c1-11(5-13,7-26-32(25,33)29-31(23,24)28-30(20,21)22)27-9(12(2,19)6-16)15-4-3-8(17)14-10(15)18/h3-4,9,16,19H,5-7H2,1-2H3,(H,23,24)(H,25,33)(H,14,17,18)(H2,20,21,22)/t9-,11-,12-,32?/m1/s1. The van der Waals surface area contributed by atoms with E-state index in [1.807, 2.05) is 4.98 Å². The van der Waals surface area contributed by atoms with Gasteiger partial charge in [0.25, 0.3) is 5.56 Å². The van der Waals surface area contributed by atoms with Crippen LogP contribution in [-0.2, 0) is 38.8 Å². The number of rotatable bonds is 13. The topological polar surface area (TPSA) is 247 Å². The molecule has 0 saturated carbocycles. The molecule has 0 saturated heterocycles. The Morgan fingerprint density at radius 1 is 1.21 bits per heavy atom. The fraction of sp³-hybridized carbons (Fsp3) is 0.667. The number of aliphatic hydroxyl groups excluding tert-OH is 1. The van der Waals surface area contributed by atoms with Crippen molar-refractivity contribution in [3.63, 3.8) is 0 Å². The van der Waals surface area contributed by atoms with E-state index in [1.54, 1.807) is 0 Å². The predicted octanol–water partition coefficient (Wildman–Crippen LogP) is -1.02. The third-order valence-electron chi connectivity index (χ3n) is 3.58. The minimum Gasteiger partial charge on any atom is -0.393 e. The number of hydrogen-bond acceptors (Lipinski definition) is 11. The van der Waals surface area contributed by atoms with Crippen molar-refractivity contribution in [2.45, 2.75) is 31.3 Å². The van der Waals surface area contributed by atoms with Crippen LogP contribution in [0.4, 0.5) is 4.39 Å². The second-order valence-electron chi connectivity index (χ2n) is 6.95. The Kier molecular flexibility index (Phi) is 10.1. The molecule has 0 bridgehead atoms. The van der Waals surface area contributed by atoms with Crippen LogP contribution in [-0.4, -0.2) is 70.4 Å². The van der Waals surface area contributed by atoms with E-state index in [4.69, 9.17) is 19.0 Å². The minimum atomic E-state index is -5.62. The van der Waals surface area contributed by atoms with Crippen LogP contribution in [0.3, 0.4) is 0 Å². The summed E-state index contributed by atoms with van der Waals surface area (Å²) in [6, 6.07) is 0.871. The van der Waals surface area contributed by atoms with Gasteiger partial charge in [0.1, 0.15) is 17.9 Å².